The fourth-order valence-electron chi connectivity index (χ4n) is 1.50. The summed E-state index contributed by atoms with van der Waals surface area (Å²) in [5.41, 5.74) is -4.53. The Kier molecular flexibility index (Phi) is 6.18. The van der Waals surface area contributed by atoms with E-state index in [0.717, 1.165) is 6.07 Å². The van der Waals surface area contributed by atoms with Gasteiger partial charge in [0, 0.05) is 4.90 Å². The highest BCUT2D eigenvalue weighted by Crippen LogP contribution is 2.41. The zero-order valence-electron chi connectivity index (χ0n) is 10.6. The van der Waals surface area contributed by atoms with Crippen LogP contribution in [0.3, 0.4) is 0 Å². The molecule has 1 rings (SSSR count). The minimum Gasteiger partial charge on any atom is -0.213 e. The summed E-state index contributed by atoms with van der Waals surface area (Å²) < 4.78 is 76.3. The number of benzene rings is 1. The molecule has 1 N–H and O–H groups in total. The fourth-order valence-corrected chi connectivity index (χ4v) is 4.43. The van der Waals surface area contributed by atoms with E-state index in [-0.39, 0.29) is 12.0 Å². The second-order valence-electron chi connectivity index (χ2n) is 3.70. The first kappa shape index (κ1) is 18.4. The fraction of sp³-hybridized carbons (Fsp3) is 0.400. The molecule has 0 heterocycles. The highest BCUT2D eigenvalue weighted by molar-refractivity contribution is 8.00. The molecule has 21 heavy (non-hydrogen) atoms. The summed E-state index contributed by atoms with van der Waals surface area (Å²) in [5, 5.41) is 0. The molecule has 0 spiro atoms. The predicted octanol–water partition coefficient (Wildman–Crippen LogP) is 3.26. The van der Waals surface area contributed by atoms with Gasteiger partial charge in [-0.25, -0.2) is 4.18 Å². The summed E-state index contributed by atoms with van der Waals surface area (Å²) in [6.07, 6.45) is -0.846. The molecule has 0 bridgehead atoms. The normalized spacial score (nSPS) is 13.3. The standard InChI is InChI=1S/C10H10F3O5PS2/c1-2-7-4-3-5-8(20-10(11,12)13)9(7)21(16,17)18-6-19(14)15/h3-5H,2,6H2,1H3/p+1. The number of halogens is 3. The minimum atomic E-state index is -4.67. The molecule has 0 fully saturated rings. The predicted molar refractivity (Wildman–Crippen MR) is 70.7 cm³/mol. The number of rotatable bonds is 6. The van der Waals surface area contributed by atoms with Gasteiger partial charge in [-0.05, 0) is 34.4 Å². The smallest absolute Gasteiger partial charge is 0.213 e. The van der Waals surface area contributed by atoms with Gasteiger partial charge in [0.2, 0.25) is 0 Å². The molecular weight excluding hydrogens is 352 g/mol. The van der Waals surface area contributed by atoms with Crippen LogP contribution in [0, 0.1) is 0 Å². The molecular formula is C10H11F3O5PS2+. The van der Waals surface area contributed by atoms with Gasteiger partial charge < -0.3 is 0 Å². The van der Waals surface area contributed by atoms with Gasteiger partial charge >= 0.3 is 23.7 Å². The lowest BCUT2D eigenvalue weighted by Gasteiger charge is -2.13. The minimum absolute atomic E-state index is 0.136. The monoisotopic (exact) mass is 363 g/mol. The van der Waals surface area contributed by atoms with E-state index in [0.29, 0.717) is 0 Å². The summed E-state index contributed by atoms with van der Waals surface area (Å²) in [6, 6.07) is 3.67. The van der Waals surface area contributed by atoms with Gasteiger partial charge in [-0.15, -0.1) is 0 Å². The van der Waals surface area contributed by atoms with E-state index in [1.54, 1.807) is 6.92 Å². The Morgan fingerprint density at radius 1 is 1.38 bits per heavy atom. The highest BCUT2D eigenvalue weighted by Gasteiger charge is 2.34. The van der Waals surface area contributed by atoms with Crippen LogP contribution in [0.15, 0.2) is 28.0 Å². The summed E-state index contributed by atoms with van der Waals surface area (Å²) in [6.45, 7) is 1.57. The zero-order valence-corrected chi connectivity index (χ0v) is 13.2. The maximum absolute atomic E-state index is 12.5. The van der Waals surface area contributed by atoms with Crippen LogP contribution in [0.5, 0.6) is 0 Å². The van der Waals surface area contributed by atoms with E-state index in [2.05, 4.69) is 4.18 Å². The lowest BCUT2D eigenvalue weighted by molar-refractivity contribution is -0.0329. The Balaban J connectivity index is 3.33. The zero-order chi connectivity index (χ0) is 16.3. The topological polar surface area (TPSA) is 80.7 Å². The summed E-state index contributed by atoms with van der Waals surface area (Å²) in [7, 11) is -7.45. The van der Waals surface area contributed by atoms with E-state index >= 15 is 0 Å². The van der Waals surface area contributed by atoms with Crippen molar-refractivity contribution in [2.45, 2.75) is 28.6 Å². The van der Waals surface area contributed by atoms with Crippen molar-refractivity contribution >= 4 is 29.9 Å². The third-order valence-electron chi connectivity index (χ3n) is 2.24. The van der Waals surface area contributed by atoms with Crippen LogP contribution in [0.1, 0.15) is 12.5 Å². The van der Waals surface area contributed by atoms with E-state index in [9.17, 15) is 26.2 Å². The van der Waals surface area contributed by atoms with Gasteiger partial charge in [-0.3, -0.25) is 0 Å². The van der Waals surface area contributed by atoms with Crippen LogP contribution in [-0.4, -0.2) is 25.2 Å². The SMILES string of the molecule is CCc1cccc(SC(F)(F)F)c1S(=O)(=O)OC[P+](=O)O. The quantitative estimate of drug-likeness (QED) is 0.475. The molecule has 5 nitrogen and oxygen atoms in total. The van der Waals surface area contributed by atoms with Crippen molar-refractivity contribution in [2.24, 2.45) is 0 Å². The summed E-state index contributed by atoms with van der Waals surface area (Å²) in [5.74, 6) is 0. The van der Waals surface area contributed by atoms with Crippen molar-refractivity contribution in [3.8, 4) is 0 Å². The molecule has 0 amide bonds. The number of hydrogen-bond donors (Lipinski definition) is 1. The van der Waals surface area contributed by atoms with Crippen LogP contribution in [0.2, 0.25) is 0 Å². The van der Waals surface area contributed by atoms with Gasteiger partial charge in [-0.1, -0.05) is 19.1 Å². The van der Waals surface area contributed by atoms with Crippen molar-refractivity contribution in [3.05, 3.63) is 23.8 Å². The average molecular weight is 363 g/mol. The number of thioether (sulfide) groups is 1. The number of hydrogen-bond acceptors (Lipinski definition) is 5. The molecule has 0 saturated heterocycles. The molecule has 0 saturated carbocycles. The Morgan fingerprint density at radius 2 is 2.00 bits per heavy atom. The molecule has 1 aromatic carbocycles. The first-order valence-corrected chi connectivity index (χ1v) is 9.09. The molecule has 0 aliphatic rings. The average Bonchev–Trinajstić information content (AvgIpc) is 2.34. The number of aryl methyl sites for hydroxylation is 1. The van der Waals surface area contributed by atoms with E-state index in [1.165, 1.54) is 12.1 Å². The third kappa shape index (κ3) is 5.55. The van der Waals surface area contributed by atoms with Crippen molar-refractivity contribution in [3.63, 3.8) is 0 Å². The van der Waals surface area contributed by atoms with E-state index in [4.69, 9.17) is 4.89 Å². The van der Waals surface area contributed by atoms with E-state index < -0.39 is 51.6 Å². The van der Waals surface area contributed by atoms with Crippen molar-refractivity contribution < 1.29 is 35.2 Å². The molecule has 0 aliphatic heterocycles. The maximum Gasteiger partial charge on any atom is 0.535 e. The second kappa shape index (κ2) is 7.06. The van der Waals surface area contributed by atoms with Crippen LogP contribution >= 0.6 is 19.8 Å². The van der Waals surface area contributed by atoms with Crippen LogP contribution in [0.4, 0.5) is 13.2 Å². The molecule has 1 aromatic rings. The maximum atomic E-state index is 12.5. The van der Waals surface area contributed by atoms with Crippen LogP contribution in [-0.2, 0) is 25.3 Å². The first-order chi connectivity index (χ1) is 9.57. The Labute approximate surface area is 124 Å². The van der Waals surface area contributed by atoms with Gasteiger partial charge in [0.1, 0.15) is 4.90 Å². The molecule has 0 aromatic heterocycles. The summed E-state index contributed by atoms with van der Waals surface area (Å²) >= 11 is -0.576. The van der Waals surface area contributed by atoms with Gasteiger partial charge in [0.05, 0.1) is 0 Å². The molecule has 1 atom stereocenters. The third-order valence-corrected chi connectivity index (χ3v) is 5.09. The van der Waals surface area contributed by atoms with E-state index in [1.807, 2.05) is 0 Å². The molecule has 11 heteroatoms. The van der Waals surface area contributed by atoms with Crippen molar-refractivity contribution in [2.75, 3.05) is 6.35 Å². The van der Waals surface area contributed by atoms with Gasteiger partial charge in [0.25, 0.3) is 6.35 Å². The lowest BCUT2D eigenvalue weighted by atomic mass is 10.2. The van der Waals surface area contributed by atoms with Crippen molar-refractivity contribution in [1.82, 2.24) is 0 Å². The molecule has 0 aliphatic carbocycles. The molecule has 0 radical (unpaired) electrons. The second-order valence-corrected chi connectivity index (χ2v) is 7.32. The van der Waals surface area contributed by atoms with Gasteiger partial charge in [0.15, 0.2) is 0 Å². The van der Waals surface area contributed by atoms with Crippen LogP contribution in [0.25, 0.3) is 0 Å². The number of alkyl halides is 3. The first-order valence-electron chi connectivity index (χ1n) is 5.47. The Morgan fingerprint density at radius 3 is 2.48 bits per heavy atom. The largest absolute Gasteiger partial charge is 0.535 e. The highest BCUT2D eigenvalue weighted by atomic mass is 32.2. The molecule has 118 valence electrons. The van der Waals surface area contributed by atoms with Crippen LogP contribution < -0.4 is 0 Å². The summed E-state index contributed by atoms with van der Waals surface area (Å²) in [4.78, 5) is 7.43. The lowest BCUT2D eigenvalue weighted by Crippen LogP contribution is -2.12. The van der Waals surface area contributed by atoms with Crippen molar-refractivity contribution in [1.29, 1.82) is 0 Å². The molecule has 1 unspecified atom stereocenters. The Hall–Kier alpha value is -0.670. The van der Waals surface area contributed by atoms with Gasteiger partial charge in [-0.2, -0.15) is 26.5 Å². The Bertz CT molecular complexity index is 630.